The summed E-state index contributed by atoms with van der Waals surface area (Å²) in [5.74, 6) is -1.17. The Morgan fingerprint density at radius 2 is 1.89 bits per heavy atom. The molecule has 0 saturated carbocycles. The Bertz CT molecular complexity index is 734. The van der Waals surface area contributed by atoms with Crippen LogP contribution in [0.4, 0.5) is 11.4 Å². The highest BCUT2D eigenvalue weighted by Gasteiger charge is 2.36. The van der Waals surface area contributed by atoms with Crippen molar-refractivity contribution in [2.45, 2.75) is 44.8 Å². The van der Waals surface area contributed by atoms with Gasteiger partial charge in [0, 0.05) is 24.4 Å². The first-order valence-electron chi connectivity index (χ1n) is 8.62. The molecule has 1 aliphatic rings. The quantitative estimate of drug-likeness (QED) is 0.482. The minimum Gasteiger partial charge on any atom is -0.343 e. The molecule has 1 aliphatic heterocycles. The molecule has 3 atom stereocenters. The number of carbonyl (C=O) groups is 3. The van der Waals surface area contributed by atoms with E-state index in [4.69, 9.17) is 5.73 Å². The van der Waals surface area contributed by atoms with Crippen molar-refractivity contribution in [3.8, 4) is 0 Å². The fraction of sp³-hybridized carbons (Fsp3) is 0.471. The summed E-state index contributed by atoms with van der Waals surface area (Å²) in [4.78, 5) is 48.4. The molecule has 146 valence electrons. The van der Waals surface area contributed by atoms with Crippen LogP contribution in [0, 0.1) is 10.1 Å². The van der Waals surface area contributed by atoms with Gasteiger partial charge in [-0.05, 0) is 38.8 Å². The summed E-state index contributed by atoms with van der Waals surface area (Å²) < 4.78 is 0. The zero-order chi connectivity index (χ0) is 20.1. The van der Waals surface area contributed by atoms with E-state index in [1.54, 1.807) is 6.92 Å². The fourth-order valence-electron chi connectivity index (χ4n) is 2.85. The van der Waals surface area contributed by atoms with Crippen LogP contribution in [0.1, 0.15) is 26.7 Å². The summed E-state index contributed by atoms with van der Waals surface area (Å²) in [5.41, 5.74) is 5.81. The molecule has 0 unspecified atom stereocenters. The summed E-state index contributed by atoms with van der Waals surface area (Å²) in [6.45, 7) is 3.48. The number of nitro benzene ring substituents is 1. The first-order chi connectivity index (χ1) is 12.7. The van der Waals surface area contributed by atoms with Gasteiger partial charge in [-0.2, -0.15) is 0 Å². The largest absolute Gasteiger partial charge is 0.343 e. The van der Waals surface area contributed by atoms with E-state index < -0.39 is 29.0 Å². The van der Waals surface area contributed by atoms with Crippen molar-refractivity contribution >= 4 is 29.1 Å². The van der Waals surface area contributed by atoms with E-state index in [-0.39, 0.29) is 17.5 Å². The van der Waals surface area contributed by atoms with E-state index in [2.05, 4.69) is 10.6 Å². The second kappa shape index (κ2) is 8.58. The number of hydrogen-bond acceptors (Lipinski definition) is 6. The van der Waals surface area contributed by atoms with Crippen LogP contribution in [0.25, 0.3) is 0 Å². The molecule has 1 aromatic rings. The van der Waals surface area contributed by atoms with E-state index >= 15 is 0 Å². The van der Waals surface area contributed by atoms with Gasteiger partial charge in [-0.1, -0.05) is 0 Å². The van der Waals surface area contributed by atoms with Crippen LogP contribution in [0.15, 0.2) is 24.3 Å². The van der Waals surface area contributed by atoms with Crippen LogP contribution in [-0.4, -0.2) is 52.2 Å². The highest BCUT2D eigenvalue weighted by Crippen LogP contribution is 2.21. The number of nitro groups is 1. The number of rotatable bonds is 6. The van der Waals surface area contributed by atoms with Crippen LogP contribution >= 0.6 is 0 Å². The van der Waals surface area contributed by atoms with E-state index in [0.29, 0.717) is 25.1 Å². The Balaban J connectivity index is 2.01. The Hall–Kier alpha value is -3.01. The van der Waals surface area contributed by atoms with Crippen molar-refractivity contribution in [2.24, 2.45) is 5.73 Å². The summed E-state index contributed by atoms with van der Waals surface area (Å²) >= 11 is 0. The molecule has 10 nitrogen and oxygen atoms in total. The van der Waals surface area contributed by atoms with E-state index in [9.17, 15) is 24.5 Å². The molecule has 3 amide bonds. The SMILES string of the molecule is C[C@H](N)C(=O)N[C@@H](C)C(=O)N1CCC[C@H]1C(=O)Nc1ccc([N+](=O)[O-])cc1. The van der Waals surface area contributed by atoms with Crippen molar-refractivity contribution < 1.29 is 19.3 Å². The second-order valence-electron chi connectivity index (χ2n) is 6.50. The van der Waals surface area contributed by atoms with Gasteiger partial charge < -0.3 is 21.3 Å². The van der Waals surface area contributed by atoms with Crippen LogP contribution < -0.4 is 16.4 Å². The number of anilines is 1. The molecule has 1 aromatic carbocycles. The third-order valence-electron chi connectivity index (χ3n) is 4.33. The Kier molecular flexibility index (Phi) is 6.45. The number of non-ortho nitro benzene ring substituents is 1. The number of amides is 3. The predicted molar refractivity (Wildman–Crippen MR) is 97.7 cm³/mol. The number of likely N-dealkylation sites (tertiary alicyclic amines) is 1. The summed E-state index contributed by atoms with van der Waals surface area (Å²) in [7, 11) is 0. The van der Waals surface area contributed by atoms with Crippen molar-refractivity contribution in [1.29, 1.82) is 0 Å². The first kappa shape index (κ1) is 20.3. The minimum atomic E-state index is -0.795. The zero-order valence-electron chi connectivity index (χ0n) is 15.2. The smallest absolute Gasteiger partial charge is 0.269 e. The highest BCUT2D eigenvalue weighted by atomic mass is 16.6. The van der Waals surface area contributed by atoms with Gasteiger partial charge in [0.05, 0.1) is 11.0 Å². The molecule has 1 heterocycles. The van der Waals surface area contributed by atoms with Crippen LogP contribution in [0.2, 0.25) is 0 Å². The van der Waals surface area contributed by atoms with Gasteiger partial charge in [-0.25, -0.2) is 0 Å². The van der Waals surface area contributed by atoms with Crippen LogP contribution in [0.3, 0.4) is 0 Å². The summed E-state index contributed by atoms with van der Waals surface area (Å²) in [6.07, 6.45) is 1.16. The molecular formula is C17H23N5O5. The van der Waals surface area contributed by atoms with Crippen molar-refractivity contribution in [3.05, 3.63) is 34.4 Å². The molecule has 27 heavy (non-hydrogen) atoms. The fourth-order valence-corrected chi connectivity index (χ4v) is 2.85. The Morgan fingerprint density at radius 3 is 2.44 bits per heavy atom. The third-order valence-corrected chi connectivity index (χ3v) is 4.33. The number of nitrogens with two attached hydrogens (primary N) is 1. The van der Waals surface area contributed by atoms with Gasteiger partial charge in [0.1, 0.15) is 12.1 Å². The lowest BCUT2D eigenvalue weighted by Crippen LogP contribution is -2.53. The van der Waals surface area contributed by atoms with Gasteiger partial charge in [0.15, 0.2) is 0 Å². The second-order valence-corrected chi connectivity index (χ2v) is 6.50. The molecule has 4 N–H and O–H groups in total. The molecule has 0 aliphatic carbocycles. The predicted octanol–water partition coefficient (Wildman–Crippen LogP) is 0.376. The normalized spacial score (nSPS) is 18.5. The Morgan fingerprint density at radius 1 is 1.26 bits per heavy atom. The van der Waals surface area contributed by atoms with Crippen molar-refractivity contribution in [2.75, 3.05) is 11.9 Å². The molecule has 10 heteroatoms. The van der Waals surface area contributed by atoms with Gasteiger partial charge in [-0.15, -0.1) is 0 Å². The first-order valence-corrected chi connectivity index (χ1v) is 8.62. The third kappa shape index (κ3) is 5.00. The highest BCUT2D eigenvalue weighted by molar-refractivity contribution is 5.99. The average Bonchev–Trinajstić information content (AvgIpc) is 3.11. The van der Waals surface area contributed by atoms with Gasteiger partial charge in [0.25, 0.3) is 5.69 Å². The molecule has 0 bridgehead atoms. The minimum absolute atomic E-state index is 0.0793. The topological polar surface area (TPSA) is 148 Å². The van der Waals surface area contributed by atoms with Crippen molar-refractivity contribution in [1.82, 2.24) is 10.2 Å². The maximum atomic E-state index is 12.6. The molecule has 0 spiro atoms. The standard InChI is InChI=1S/C17H23N5O5/c1-10(18)15(23)19-11(2)17(25)21-9-3-4-14(21)16(24)20-12-5-7-13(8-6-12)22(26)27/h5-8,10-11,14H,3-4,9,18H2,1-2H3,(H,19,23)(H,20,24)/t10-,11-,14-/m0/s1. The van der Waals surface area contributed by atoms with Crippen LogP contribution in [0.5, 0.6) is 0 Å². The summed E-state index contributed by atoms with van der Waals surface area (Å²) in [5, 5.41) is 15.9. The average molecular weight is 377 g/mol. The number of carbonyl (C=O) groups excluding carboxylic acids is 3. The van der Waals surface area contributed by atoms with Gasteiger partial charge in [-0.3, -0.25) is 24.5 Å². The lowest BCUT2D eigenvalue weighted by atomic mass is 10.1. The molecule has 1 fully saturated rings. The van der Waals surface area contributed by atoms with E-state index in [0.717, 1.165) is 0 Å². The molecule has 2 rings (SSSR count). The molecule has 0 radical (unpaired) electrons. The maximum Gasteiger partial charge on any atom is 0.269 e. The van der Waals surface area contributed by atoms with E-state index in [1.807, 2.05) is 0 Å². The number of nitrogens with one attached hydrogen (secondary N) is 2. The van der Waals surface area contributed by atoms with Gasteiger partial charge in [0.2, 0.25) is 17.7 Å². The monoisotopic (exact) mass is 377 g/mol. The maximum absolute atomic E-state index is 12.6. The zero-order valence-corrected chi connectivity index (χ0v) is 15.2. The van der Waals surface area contributed by atoms with Crippen molar-refractivity contribution in [3.63, 3.8) is 0 Å². The number of nitrogens with zero attached hydrogens (tertiary/aromatic N) is 2. The number of hydrogen-bond donors (Lipinski definition) is 3. The number of benzene rings is 1. The Labute approximate surface area is 156 Å². The van der Waals surface area contributed by atoms with Crippen LogP contribution in [-0.2, 0) is 14.4 Å². The van der Waals surface area contributed by atoms with E-state index in [1.165, 1.54) is 36.1 Å². The molecular weight excluding hydrogens is 354 g/mol. The molecule has 1 saturated heterocycles. The lowest BCUT2D eigenvalue weighted by molar-refractivity contribution is -0.384. The van der Waals surface area contributed by atoms with Gasteiger partial charge >= 0.3 is 0 Å². The summed E-state index contributed by atoms with van der Waals surface area (Å²) in [6, 6.07) is 3.25. The lowest BCUT2D eigenvalue weighted by Gasteiger charge is -2.27. The molecule has 0 aromatic heterocycles.